The van der Waals surface area contributed by atoms with Gasteiger partial charge in [0.05, 0.1) is 5.69 Å². The van der Waals surface area contributed by atoms with E-state index in [0.717, 1.165) is 48.9 Å². The first-order valence-electron chi connectivity index (χ1n) is 7.41. The summed E-state index contributed by atoms with van der Waals surface area (Å²) in [6, 6.07) is 9.98. The molecule has 2 heterocycles. The Balaban J connectivity index is 1.67. The van der Waals surface area contributed by atoms with Crippen molar-refractivity contribution in [2.45, 2.75) is 0 Å². The van der Waals surface area contributed by atoms with Gasteiger partial charge in [-0.3, -0.25) is 4.90 Å². The van der Waals surface area contributed by atoms with Crippen LogP contribution in [0, 0.1) is 0 Å². The van der Waals surface area contributed by atoms with E-state index in [1.54, 1.807) is 10.3 Å². The van der Waals surface area contributed by atoms with Crippen molar-refractivity contribution in [3.63, 3.8) is 0 Å². The van der Waals surface area contributed by atoms with Crippen LogP contribution in [0.15, 0.2) is 40.4 Å². The molecule has 7 nitrogen and oxygen atoms in total. The maximum Gasteiger partial charge on any atom is 0.179 e. The van der Waals surface area contributed by atoms with Crippen molar-refractivity contribution in [3.05, 3.63) is 45.4 Å². The van der Waals surface area contributed by atoms with Crippen molar-refractivity contribution in [2.75, 3.05) is 44.2 Å². The van der Waals surface area contributed by atoms with E-state index in [2.05, 4.69) is 24.2 Å². The lowest BCUT2D eigenvalue weighted by Crippen LogP contribution is -2.48. The van der Waals surface area contributed by atoms with Crippen LogP contribution in [0.5, 0.6) is 0 Å². The lowest BCUT2D eigenvalue weighted by atomic mass is 10.3. The summed E-state index contributed by atoms with van der Waals surface area (Å²) < 4.78 is 5.52. The molecule has 0 atom stereocenters. The Bertz CT molecular complexity index is 725. The summed E-state index contributed by atoms with van der Waals surface area (Å²) >= 11 is 0. The predicted molar refractivity (Wildman–Crippen MR) is 94.3 cm³/mol. The standard InChI is InChI=1S/C14H17N7S2/c15-19-16-6-7-20-8-10-21(11-9-20)13-14(22-23-18-13)17-12-4-2-1-3-5-12/h1-5H,6-11H2. The zero-order chi connectivity index (χ0) is 15.9. The molecule has 1 aromatic carbocycles. The normalized spacial score (nSPS) is 16.3. The first-order valence-corrected chi connectivity index (χ1v) is 9.51. The molecular weight excluding hydrogens is 330 g/mol. The molecule has 0 aliphatic carbocycles. The third-order valence-corrected chi connectivity index (χ3v) is 5.34. The van der Waals surface area contributed by atoms with Crippen molar-refractivity contribution < 1.29 is 0 Å². The van der Waals surface area contributed by atoms with Gasteiger partial charge < -0.3 is 4.90 Å². The van der Waals surface area contributed by atoms with Gasteiger partial charge in [-0.15, -0.1) is 0 Å². The summed E-state index contributed by atoms with van der Waals surface area (Å²) in [7, 11) is 3.09. The number of hydrogen-bond donors (Lipinski definition) is 0. The Morgan fingerprint density at radius 3 is 2.70 bits per heavy atom. The summed E-state index contributed by atoms with van der Waals surface area (Å²) in [5.74, 6) is 0.985. The van der Waals surface area contributed by atoms with Gasteiger partial charge in [0.25, 0.3) is 0 Å². The number of benzene rings is 1. The van der Waals surface area contributed by atoms with Crippen LogP contribution in [0.3, 0.4) is 0 Å². The van der Waals surface area contributed by atoms with Crippen molar-refractivity contribution in [1.82, 2.24) is 9.27 Å². The molecule has 0 spiro atoms. The van der Waals surface area contributed by atoms with Gasteiger partial charge in [0, 0.05) is 54.7 Å². The van der Waals surface area contributed by atoms with Crippen LogP contribution in [0.2, 0.25) is 0 Å². The average Bonchev–Trinajstić information content (AvgIpc) is 3.05. The van der Waals surface area contributed by atoms with E-state index in [9.17, 15) is 0 Å². The quantitative estimate of drug-likeness (QED) is 0.361. The molecular formula is C14H17N7S2. The van der Waals surface area contributed by atoms with E-state index >= 15 is 0 Å². The second kappa shape index (κ2) is 8.07. The van der Waals surface area contributed by atoms with E-state index in [-0.39, 0.29) is 0 Å². The van der Waals surface area contributed by atoms with E-state index < -0.39 is 0 Å². The van der Waals surface area contributed by atoms with Gasteiger partial charge >= 0.3 is 0 Å². The van der Waals surface area contributed by atoms with Crippen molar-refractivity contribution in [3.8, 4) is 0 Å². The number of nitrogens with zero attached hydrogens (tertiary/aromatic N) is 7. The number of piperazine rings is 1. The second-order valence-electron chi connectivity index (χ2n) is 5.11. The molecule has 1 aromatic heterocycles. The zero-order valence-corrected chi connectivity index (χ0v) is 14.2. The van der Waals surface area contributed by atoms with Crippen LogP contribution in [-0.4, -0.2) is 48.5 Å². The maximum absolute atomic E-state index is 8.33. The summed E-state index contributed by atoms with van der Waals surface area (Å²) in [6.45, 7) is 5.10. The molecule has 120 valence electrons. The average molecular weight is 347 g/mol. The van der Waals surface area contributed by atoms with Crippen LogP contribution in [0.25, 0.3) is 10.4 Å². The highest BCUT2D eigenvalue weighted by molar-refractivity contribution is 7.66. The van der Waals surface area contributed by atoms with Crippen LogP contribution in [-0.2, 0) is 0 Å². The van der Waals surface area contributed by atoms with E-state index in [0.29, 0.717) is 6.54 Å². The summed E-state index contributed by atoms with van der Waals surface area (Å²) in [4.78, 5) is 12.1. The topological polar surface area (TPSA) is 80.5 Å². The highest BCUT2D eigenvalue weighted by Gasteiger charge is 2.19. The summed E-state index contributed by atoms with van der Waals surface area (Å²) in [6.07, 6.45) is 0. The Kier molecular flexibility index (Phi) is 5.60. The largest absolute Gasteiger partial charge is 0.351 e. The number of para-hydroxylation sites is 1. The number of azide groups is 1. The van der Waals surface area contributed by atoms with Gasteiger partial charge in [-0.1, -0.05) is 23.3 Å². The number of anilines is 1. The second-order valence-corrected chi connectivity index (χ2v) is 6.94. The van der Waals surface area contributed by atoms with Gasteiger partial charge in [-0.25, -0.2) is 4.99 Å². The van der Waals surface area contributed by atoms with Crippen LogP contribution in [0.1, 0.15) is 0 Å². The van der Waals surface area contributed by atoms with Crippen LogP contribution in [0.4, 0.5) is 11.5 Å². The van der Waals surface area contributed by atoms with Crippen LogP contribution < -0.4 is 9.57 Å². The molecule has 0 N–H and O–H groups in total. The van der Waals surface area contributed by atoms with Gasteiger partial charge in [-0.05, 0) is 28.0 Å². The fourth-order valence-corrected chi connectivity index (χ4v) is 4.16. The van der Waals surface area contributed by atoms with Gasteiger partial charge in [0.2, 0.25) is 0 Å². The number of hydrogen-bond acceptors (Lipinski definition) is 7. The highest BCUT2D eigenvalue weighted by atomic mass is 32.9. The molecule has 0 bridgehead atoms. The van der Waals surface area contributed by atoms with E-state index in [1.807, 2.05) is 30.3 Å². The zero-order valence-electron chi connectivity index (χ0n) is 12.6. The molecule has 1 fully saturated rings. The van der Waals surface area contributed by atoms with Crippen molar-refractivity contribution in [1.29, 1.82) is 0 Å². The molecule has 1 aliphatic rings. The Morgan fingerprint density at radius 1 is 1.17 bits per heavy atom. The molecule has 9 heteroatoms. The first kappa shape index (κ1) is 15.9. The molecule has 0 radical (unpaired) electrons. The first-order chi connectivity index (χ1) is 11.4. The minimum absolute atomic E-state index is 0.532. The molecule has 0 unspecified atom stereocenters. The summed E-state index contributed by atoms with van der Waals surface area (Å²) in [5, 5.41) is 3.60. The van der Waals surface area contributed by atoms with Crippen molar-refractivity contribution in [2.24, 2.45) is 10.1 Å². The molecule has 3 rings (SSSR count). The Hall–Kier alpha value is -1.93. The minimum Gasteiger partial charge on any atom is -0.351 e. The van der Waals surface area contributed by atoms with E-state index in [4.69, 9.17) is 10.5 Å². The fraction of sp³-hybridized carbons (Fsp3) is 0.429. The lowest BCUT2D eigenvalue weighted by Gasteiger charge is -2.34. The van der Waals surface area contributed by atoms with Gasteiger partial charge in [-0.2, -0.15) is 4.37 Å². The monoisotopic (exact) mass is 347 g/mol. The van der Waals surface area contributed by atoms with Crippen LogP contribution >= 0.6 is 20.9 Å². The maximum atomic E-state index is 8.33. The molecule has 1 aliphatic heterocycles. The number of aromatic nitrogens is 1. The van der Waals surface area contributed by atoms with Crippen molar-refractivity contribution >= 4 is 32.4 Å². The number of rotatable bonds is 5. The lowest BCUT2D eigenvalue weighted by molar-refractivity contribution is 0.264. The van der Waals surface area contributed by atoms with Gasteiger partial charge in [0.1, 0.15) is 0 Å². The third-order valence-electron chi connectivity index (χ3n) is 3.67. The van der Waals surface area contributed by atoms with E-state index in [1.165, 1.54) is 10.5 Å². The minimum atomic E-state index is 0.532. The molecule has 2 aromatic rings. The Labute approximate surface area is 141 Å². The SMILES string of the molecule is [N-]=[N+]=NCCN1CCN(c2nssc2=Nc2ccccc2)CC1. The summed E-state index contributed by atoms with van der Waals surface area (Å²) in [5.41, 5.74) is 9.29. The van der Waals surface area contributed by atoms with Gasteiger partial charge in [0.15, 0.2) is 10.5 Å². The molecule has 1 saturated heterocycles. The Morgan fingerprint density at radius 2 is 1.96 bits per heavy atom. The smallest absolute Gasteiger partial charge is 0.179 e. The molecule has 23 heavy (non-hydrogen) atoms. The highest BCUT2D eigenvalue weighted by Crippen LogP contribution is 2.16. The molecule has 0 amide bonds. The predicted octanol–water partition coefficient (Wildman–Crippen LogP) is 2.87. The fourth-order valence-electron chi connectivity index (χ4n) is 2.46. The third kappa shape index (κ3) is 4.29. The molecule has 0 saturated carbocycles.